The number of pyridine rings is 1. The largest absolute Gasteiger partial charge is 0.395 e. The van der Waals surface area contributed by atoms with Gasteiger partial charge in [0.05, 0.1) is 19.3 Å². The zero-order valence-electron chi connectivity index (χ0n) is 15.1. The molecule has 0 saturated heterocycles. The molecule has 1 atom stereocenters. The highest BCUT2D eigenvalue weighted by Crippen LogP contribution is 2.33. The number of aryl methyl sites for hydroxylation is 1. The molecule has 1 aliphatic heterocycles. The van der Waals surface area contributed by atoms with Crippen LogP contribution in [0.3, 0.4) is 0 Å². The second-order valence-electron chi connectivity index (χ2n) is 7.10. The highest BCUT2D eigenvalue weighted by atomic mass is 16.3. The number of benzene rings is 1. The monoisotopic (exact) mass is 367 g/mol. The SMILES string of the molecule is C.Cc1ccc2c(c1)c1c(n2CC(O)c2ccncc2)CCN(CCO)C1. The van der Waals surface area contributed by atoms with Gasteiger partial charge in [0.15, 0.2) is 0 Å². The second kappa shape index (κ2) is 8.21. The van der Waals surface area contributed by atoms with Crippen molar-refractivity contribution in [1.82, 2.24) is 14.5 Å². The summed E-state index contributed by atoms with van der Waals surface area (Å²) < 4.78 is 2.28. The zero-order chi connectivity index (χ0) is 18.1. The molecule has 2 aromatic heterocycles. The van der Waals surface area contributed by atoms with E-state index < -0.39 is 6.10 Å². The molecule has 3 heterocycles. The van der Waals surface area contributed by atoms with E-state index in [9.17, 15) is 10.2 Å². The van der Waals surface area contributed by atoms with Gasteiger partial charge in [-0.1, -0.05) is 19.1 Å². The van der Waals surface area contributed by atoms with E-state index in [2.05, 4.69) is 39.6 Å². The Morgan fingerprint density at radius 3 is 2.70 bits per heavy atom. The average Bonchev–Trinajstić information content (AvgIpc) is 2.95. The summed E-state index contributed by atoms with van der Waals surface area (Å²) in [6.45, 7) is 5.34. The lowest BCUT2D eigenvalue weighted by Gasteiger charge is -2.28. The molecule has 1 unspecified atom stereocenters. The molecule has 0 saturated carbocycles. The molecule has 3 aromatic rings. The van der Waals surface area contributed by atoms with Gasteiger partial charge in [-0.05, 0) is 42.3 Å². The summed E-state index contributed by atoms with van der Waals surface area (Å²) in [4.78, 5) is 6.34. The molecule has 4 rings (SSSR count). The summed E-state index contributed by atoms with van der Waals surface area (Å²) in [6.07, 6.45) is 3.82. The summed E-state index contributed by atoms with van der Waals surface area (Å²) in [5, 5.41) is 21.3. The minimum atomic E-state index is -0.561. The van der Waals surface area contributed by atoms with E-state index in [1.807, 2.05) is 12.1 Å². The lowest BCUT2D eigenvalue weighted by Crippen LogP contribution is -2.33. The van der Waals surface area contributed by atoms with Crippen LogP contribution in [-0.4, -0.2) is 44.4 Å². The first-order valence-electron chi connectivity index (χ1n) is 9.19. The van der Waals surface area contributed by atoms with Crippen LogP contribution in [-0.2, 0) is 19.5 Å². The van der Waals surface area contributed by atoms with Gasteiger partial charge < -0.3 is 14.8 Å². The van der Waals surface area contributed by atoms with Gasteiger partial charge in [-0.25, -0.2) is 0 Å². The Morgan fingerprint density at radius 1 is 1.19 bits per heavy atom. The number of β-amino-alcohol motifs (C(OH)–C–C–N with tert-alkyl or cyclic N) is 1. The highest BCUT2D eigenvalue weighted by molar-refractivity contribution is 5.86. The highest BCUT2D eigenvalue weighted by Gasteiger charge is 2.25. The van der Waals surface area contributed by atoms with Crippen LogP contribution < -0.4 is 0 Å². The van der Waals surface area contributed by atoms with Gasteiger partial charge in [0, 0.05) is 55.0 Å². The van der Waals surface area contributed by atoms with Crippen LogP contribution >= 0.6 is 0 Å². The summed E-state index contributed by atoms with van der Waals surface area (Å²) in [5.74, 6) is 0. The van der Waals surface area contributed by atoms with Crippen molar-refractivity contribution >= 4 is 10.9 Å². The van der Waals surface area contributed by atoms with Crippen molar-refractivity contribution in [3.63, 3.8) is 0 Å². The Morgan fingerprint density at radius 2 is 1.96 bits per heavy atom. The van der Waals surface area contributed by atoms with Crippen LogP contribution in [0.5, 0.6) is 0 Å². The van der Waals surface area contributed by atoms with Gasteiger partial charge in [-0.15, -0.1) is 0 Å². The predicted octanol–water partition coefficient (Wildman–Crippen LogP) is 3.06. The van der Waals surface area contributed by atoms with Crippen molar-refractivity contribution in [1.29, 1.82) is 0 Å². The number of fused-ring (bicyclic) bond motifs is 3. The first-order valence-corrected chi connectivity index (χ1v) is 9.19. The fourth-order valence-electron chi connectivity index (χ4n) is 4.02. The third kappa shape index (κ3) is 3.76. The normalized spacial score (nSPS) is 15.4. The molecule has 1 aromatic carbocycles. The van der Waals surface area contributed by atoms with Gasteiger partial charge in [0.1, 0.15) is 0 Å². The van der Waals surface area contributed by atoms with E-state index in [4.69, 9.17) is 0 Å². The summed E-state index contributed by atoms with van der Waals surface area (Å²) >= 11 is 0. The van der Waals surface area contributed by atoms with Gasteiger partial charge in [-0.2, -0.15) is 0 Å². The van der Waals surface area contributed by atoms with E-state index >= 15 is 0 Å². The first-order chi connectivity index (χ1) is 12.7. The number of aromatic nitrogens is 2. The van der Waals surface area contributed by atoms with E-state index in [1.54, 1.807) is 12.4 Å². The van der Waals surface area contributed by atoms with Crippen molar-refractivity contribution < 1.29 is 10.2 Å². The number of aliphatic hydroxyl groups excluding tert-OH is 2. The molecule has 5 nitrogen and oxygen atoms in total. The Balaban J connectivity index is 0.00000210. The number of nitrogens with zero attached hydrogens (tertiary/aromatic N) is 3. The molecule has 144 valence electrons. The minimum absolute atomic E-state index is 0. The fraction of sp³-hybridized carbons (Fsp3) is 0.409. The number of rotatable bonds is 5. The molecule has 0 aliphatic carbocycles. The third-order valence-corrected chi connectivity index (χ3v) is 5.35. The Labute approximate surface area is 160 Å². The van der Waals surface area contributed by atoms with E-state index in [0.717, 1.165) is 25.1 Å². The number of hydrogen-bond donors (Lipinski definition) is 2. The fourth-order valence-corrected chi connectivity index (χ4v) is 4.02. The van der Waals surface area contributed by atoms with Crippen molar-refractivity contribution in [2.45, 2.75) is 40.0 Å². The Bertz CT molecular complexity index is 905. The first kappa shape index (κ1) is 19.5. The maximum absolute atomic E-state index is 10.8. The molecule has 0 radical (unpaired) electrons. The van der Waals surface area contributed by atoms with Gasteiger partial charge in [0.25, 0.3) is 0 Å². The van der Waals surface area contributed by atoms with Crippen molar-refractivity contribution in [3.8, 4) is 0 Å². The lowest BCUT2D eigenvalue weighted by molar-refractivity contribution is 0.154. The molecule has 5 heteroatoms. The molecular weight excluding hydrogens is 338 g/mol. The quantitative estimate of drug-likeness (QED) is 0.728. The van der Waals surface area contributed by atoms with Crippen molar-refractivity contribution in [3.05, 3.63) is 65.1 Å². The van der Waals surface area contributed by atoms with Gasteiger partial charge in [0.2, 0.25) is 0 Å². The van der Waals surface area contributed by atoms with Crippen molar-refractivity contribution in [2.75, 3.05) is 19.7 Å². The van der Waals surface area contributed by atoms with Crippen LogP contribution in [0.25, 0.3) is 10.9 Å². The van der Waals surface area contributed by atoms with Gasteiger partial charge >= 0.3 is 0 Å². The van der Waals surface area contributed by atoms with Crippen molar-refractivity contribution in [2.24, 2.45) is 0 Å². The average molecular weight is 367 g/mol. The van der Waals surface area contributed by atoms with E-state index in [0.29, 0.717) is 13.1 Å². The molecule has 1 aliphatic rings. The van der Waals surface area contributed by atoms with Crippen LogP contribution in [0, 0.1) is 6.92 Å². The minimum Gasteiger partial charge on any atom is -0.395 e. The maximum Gasteiger partial charge on any atom is 0.0970 e. The lowest BCUT2D eigenvalue weighted by atomic mass is 10.0. The standard InChI is InChI=1S/C21H25N3O2.CH4/c1-15-2-3-19-17(12-15)18-13-23(10-11-25)9-6-20(18)24(19)14-21(26)16-4-7-22-8-5-16;/h2-5,7-8,12,21,25-26H,6,9-11,13-14H2,1H3;1H4. The summed E-state index contributed by atoms with van der Waals surface area (Å²) in [7, 11) is 0. The predicted molar refractivity (Wildman–Crippen MR) is 109 cm³/mol. The van der Waals surface area contributed by atoms with E-state index in [-0.39, 0.29) is 14.0 Å². The second-order valence-corrected chi connectivity index (χ2v) is 7.10. The Hall–Kier alpha value is -2.21. The number of aliphatic hydroxyl groups is 2. The molecule has 27 heavy (non-hydrogen) atoms. The van der Waals surface area contributed by atoms with E-state index in [1.165, 1.54) is 27.7 Å². The summed E-state index contributed by atoms with van der Waals surface area (Å²) in [6, 6.07) is 10.3. The van der Waals surface area contributed by atoms with Crippen LogP contribution in [0.2, 0.25) is 0 Å². The summed E-state index contributed by atoms with van der Waals surface area (Å²) in [5.41, 5.74) is 5.96. The smallest absolute Gasteiger partial charge is 0.0970 e. The maximum atomic E-state index is 10.8. The molecular formula is C22H29N3O2. The Kier molecular flexibility index (Phi) is 5.95. The van der Waals surface area contributed by atoms with Crippen LogP contribution in [0.1, 0.15) is 35.9 Å². The van der Waals surface area contributed by atoms with Crippen LogP contribution in [0.4, 0.5) is 0 Å². The van der Waals surface area contributed by atoms with Crippen LogP contribution in [0.15, 0.2) is 42.7 Å². The third-order valence-electron chi connectivity index (χ3n) is 5.35. The number of hydrogen-bond acceptors (Lipinski definition) is 4. The molecule has 0 spiro atoms. The van der Waals surface area contributed by atoms with Gasteiger partial charge in [-0.3, -0.25) is 9.88 Å². The molecule has 0 bridgehead atoms. The molecule has 0 fully saturated rings. The molecule has 0 amide bonds. The molecule has 2 N–H and O–H groups in total. The zero-order valence-corrected chi connectivity index (χ0v) is 15.1. The topological polar surface area (TPSA) is 61.5 Å².